The van der Waals surface area contributed by atoms with Gasteiger partial charge in [0.2, 0.25) is 0 Å². The summed E-state index contributed by atoms with van der Waals surface area (Å²) in [6.07, 6.45) is 2.13. The Kier molecular flexibility index (Phi) is 3.50. The molecule has 0 aromatic heterocycles. The summed E-state index contributed by atoms with van der Waals surface area (Å²) in [6, 6.07) is 6.13. The monoisotopic (exact) mass is 248 g/mol. The average molecular weight is 248 g/mol. The Bertz CT molecular complexity index is 456. The van der Waals surface area contributed by atoms with Gasteiger partial charge in [-0.2, -0.15) is 0 Å². The van der Waals surface area contributed by atoms with Crippen molar-refractivity contribution in [3.05, 3.63) is 29.8 Å². The maximum absolute atomic E-state index is 11.6. The molecule has 2 amide bonds. The van der Waals surface area contributed by atoms with E-state index in [4.69, 9.17) is 5.11 Å². The standard InChI is InChI=1S/C13H16N2O3/c1-2-8-7-11(8)15-13(18)14-10-5-3-9(4-6-10)12(16)17/h3-6,8,11H,2,7H2,1H3,(H,16,17)(H2,14,15,18). The lowest BCUT2D eigenvalue weighted by Crippen LogP contribution is -2.31. The van der Waals surface area contributed by atoms with Gasteiger partial charge < -0.3 is 15.7 Å². The maximum atomic E-state index is 11.6. The van der Waals surface area contributed by atoms with Crippen LogP contribution in [0.5, 0.6) is 0 Å². The smallest absolute Gasteiger partial charge is 0.335 e. The van der Waals surface area contributed by atoms with Gasteiger partial charge in [0.1, 0.15) is 0 Å². The Morgan fingerprint density at radius 3 is 2.50 bits per heavy atom. The molecule has 1 aromatic rings. The van der Waals surface area contributed by atoms with Crippen LogP contribution >= 0.6 is 0 Å². The summed E-state index contributed by atoms with van der Waals surface area (Å²) in [6.45, 7) is 2.11. The minimum Gasteiger partial charge on any atom is -0.478 e. The van der Waals surface area contributed by atoms with Crippen LogP contribution in [0.25, 0.3) is 0 Å². The van der Waals surface area contributed by atoms with E-state index in [9.17, 15) is 9.59 Å². The van der Waals surface area contributed by atoms with Gasteiger partial charge in [-0.25, -0.2) is 9.59 Å². The molecule has 0 radical (unpaired) electrons. The van der Waals surface area contributed by atoms with Crippen molar-refractivity contribution in [2.24, 2.45) is 5.92 Å². The van der Waals surface area contributed by atoms with E-state index in [1.54, 1.807) is 12.1 Å². The number of rotatable bonds is 4. The second-order valence-electron chi connectivity index (χ2n) is 4.49. The van der Waals surface area contributed by atoms with Gasteiger partial charge >= 0.3 is 12.0 Å². The van der Waals surface area contributed by atoms with Crippen molar-refractivity contribution >= 4 is 17.7 Å². The van der Waals surface area contributed by atoms with Crippen molar-refractivity contribution in [3.8, 4) is 0 Å². The number of carboxylic acid groups (broad SMARTS) is 1. The zero-order chi connectivity index (χ0) is 13.1. The van der Waals surface area contributed by atoms with Crippen molar-refractivity contribution in [2.45, 2.75) is 25.8 Å². The molecule has 1 saturated carbocycles. The SMILES string of the molecule is CCC1CC1NC(=O)Nc1ccc(C(=O)O)cc1. The largest absolute Gasteiger partial charge is 0.478 e. The molecular formula is C13H16N2O3. The van der Waals surface area contributed by atoms with Crippen LogP contribution in [-0.2, 0) is 0 Å². The molecular weight excluding hydrogens is 232 g/mol. The van der Waals surface area contributed by atoms with Gasteiger partial charge in [-0.05, 0) is 36.6 Å². The molecule has 1 aromatic carbocycles. The first-order valence-corrected chi connectivity index (χ1v) is 6.01. The van der Waals surface area contributed by atoms with Gasteiger partial charge in [-0.15, -0.1) is 0 Å². The van der Waals surface area contributed by atoms with Gasteiger partial charge in [0.05, 0.1) is 5.56 Å². The minimum absolute atomic E-state index is 0.203. The number of aromatic carboxylic acids is 1. The number of carbonyl (C=O) groups is 2. The predicted molar refractivity (Wildman–Crippen MR) is 67.7 cm³/mol. The number of nitrogens with one attached hydrogen (secondary N) is 2. The lowest BCUT2D eigenvalue weighted by molar-refractivity contribution is 0.0697. The Labute approximate surface area is 105 Å². The van der Waals surface area contributed by atoms with Crippen LogP contribution in [0.3, 0.4) is 0 Å². The van der Waals surface area contributed by atoms with E-state index in [1.807, 2.05) is 0 Å². The molecule has 96 valence electrons. The van der Waals surface area contributed by atoms with Gasteiger partial charge in [-0.1, -0.05) is 13.3 Å². The first-order valence-electron chi connectivity index (χ1n) is 6.01. The molecule has 18 heavy (non-hydrogen) atoms. The topological polar surface area (TPSA) is 78.4 Å². The number of hydrogen-bond donors (Lipinski definition) is 3. The van der Waals surface area contributed by atoms with E-state index in [0.717, 1.165) is 12.8 Å². The highest BCUT2D eigenvalue weighted by molar-refractivity contribution is 5.91. The molecule has 1 aliphatic rings. The molecule has 1 fully saturated rings. The molecule has 0 saturated heterocycles. The molecule has 0 heterocycles. The minimum atomic E-state index is -0.977. The highest BCUT2D eigenvalue weighted by Crippen LogP contribution is 2.33. The zero-order valence-corrected chi connectivity index (χ0v) is 10.1. The van der Waals surface area contributed by atoms with Crippen LogP contribution in [-0.4, -0.2) is 23.1 Å². The summed E-state index contributed by atoms with van der Waals surface area (Å²) in [5, 5.41) is 14.3. The van der Waals surface area contributed by atoms with Gasteiger partial charge in [0.25, 0.3) is 0 Å². The molecule has 1 aliphatic carbocycles. The normalized spacial score (nSPS) is 21.2. The third-order valence-corrected chi connectivity index (χ3v) is 3.15. The number of anilines is 1. The number of carboxylic acids is 1. The molecule has 0 aliphatic heterocycles. The third kappa shape index (κ3) is 3.00. The summed E-state index contributed by atoms with van der Waals surface area (Å²) in [5.41, 5.74) is 0.792. The number of amides is 2. The molecule has 2 rings (SSSR count). The highest BCUT2D eigenvalue weighted by atomic mass is 16.4. The van der Waals surface area contributed by atoms with Crippen molar-refractivity contribution in [1.82, 2.24) is 5.32 Å². The maximum Gasteiger partial charge on any atom is 0.335 e. The van der Waals surface area contributed by atoms with Crippen LogP contribution < -0.4 is 10.6 Å². The Morgan fingerprint density at radius 1 is 1.33 bits per heavy atom. The molecule has 5 nitrogen and oxygen atoms in total. The number of benzene rings is 1. The van der Waals surface area contributed by atoms with Crippen LogP contribution in [0.15, 0.2) is 24.3 Å². The van der Waals surface area contributed by atoms with Gasteiger partial charge in [0, 0.05) is 11.7 Å². The molecule has 0 spiro atoms. The summed E-state index contributed by atoms with van der Waals surface area (Å²) in [5.74, 6) is -0.375. The van der Waals surface area contributed by atoms with Crippen molar-refractivity contribution in [3.63, 3.8) is 0 Å². The zero-order valence-electron chi connectivity index (χ0n) is 10.1. The third-order valence-electron chi connectivity index (χ3n) is 3.15. The van der Waals surface area contributed by atoms with Gasteiger partial charge in [0.15, 0.2) is 0 Å². The van der Waals surface area contributed by atoms with Crippen molar-refractivity contribution in [1.29, 1.82) is 0 Å². The lowest BCUT2D eigenvalue weighted by atomic mass is 10.2. The first kappa shape index (κ1) is 12.4. The highest BCUT2D eigenvalue weighted by Gasteiger charge is 2.36. The number of carbonyl (C=O) groups excluding carboxylic acids is 1. The van der Waals surface area contributed by atoms with Crippen molar-refractivity contribution in [2.75, 3.05) is 5.32 Å². The molecule has 3 N–H and O–H groups in total. The summed E-state index contributed by atoms with van der Waals surface area (Å²) in [4.78, 5) is 22.3. The number of urea groups is 1. The summed E-state index contributed by atoms with van der Waals surface area (Å²) < 4.78 is 0. The predicted octanol–water partition coefficient (Wildman–Crippen LogP) is 2.30. The Hall–Kier alpha value is -2.04. The summed E-state index contributed by atoms with van der Waals surface area (Å²) >= 11 is 0. The van der Waals surface area contributed by atoms with E-state index in [-0.39, 0.29) is 17.6 Å². The van der Waals surface area contributed by atoms with Crippen LogP contribution in [0, 0.1) is 5.92 Å². The average Bonchev–Trinajstić information content (AvgIpc) is 3.08. The Morgan fingerprint density at radius 2 is 2.00 bits per heavy atom. The first-order chi connectivity index (χ1) is 8.60. The fraction of sp³-hybridized carbons (Fsp3) is 0.385. The van der Waals surface area contributed by atoms with Crippen LogP contribution in [0.4, 0.5) is 10.5 Å². The fourth-order valence-corrected chi connectivity index (χ4v) is 1.91. The Balaban J connectivity index is 1.85. The van der Waals surface area contributed by atoms with E-state index >= 15 is 0 Å². The lowest BCUT2D eigenvalue weighted by Gasteiger charge is -2.07. The van der Waals surface area contributed by atoms with Gasteiger partial charge in [-0.3, -0.25) is 0 Å². The molecule has 5 heteroatoms. The molecule has 0 bridgehead atoms. The van der Waals surface area contributed by atoms with Crippen LogP contribution in [0.2, 0.25) is 0 Å². The molecule has 2 atom stereocenters. The van der Waals surface area contributed by atoms with Crippen molar-refractivity contribution < 1.29 is 14.7 Å². The van der Waals surface area contributed by atoms with E-state index in [2.05, 4.69) is 17.6 Å². The van der Waals surface area contributed by atoms with Crippen LogP contribution in [0.1, 0.15) is 30.1 Å². The molecule has 2 unspecified atom stereocenters. The summed E-state index contributed by atoms with van der Waals surface area (Å²) in [7, 11) is 0. The van der Waals surface area contributed by atoms with E-state index in [1.165, 1.54) is 12.1 Å². The second-order valence-corrected chi connectivity index (χ2v) is 4.49. The van der Waals surface area contributed by atoms with E-state index < -0.39 is 5.97 Å². The van der Waals surface area contributed by atoms with E-state index in [0.29, 0.717) is 11.6 Å². The quantitative estimate of drug-likeness (QED) is 0.765. The second kappa shape index (κ2) is 5.08. The fourth-order valence-electron chi connectivity index (χ4n) is 1.91. The number of hydrogen-bond acceptors (Lipinski definition) is 2.